The number of thiophene rings is 1. The van der Waals surface area contributed by atoms with Gasteiger partial charge in [0, 0.05) is 6.54 Å². The highest BCUT2D eigenvalue weighted by Crippen LogP contribution is 2.20. The van der Waals surface area contributed by atoms with E-state index < -0.39 is 21.9 Å². The minimum Gasteiger partial charge on any atom is -0.394 e. The fourth-order valence-corrected chi connectivity index (χ4v) is 3.59. The van der Waals surface area contributed by atoms with Crippen molar-refractivity contribution in [2.75, 3.05) is 19.8 Å². The van der Waals surface area contributed by atoms with E-state index in [1.165, 1.54) is 29.5 Å². The molecule has 2 rings (SSSR count). The molecule has 0 aliphatic carbocycles. The fraction of sp³-hybridized carbons (Fsp3) is 0.286. The van der Waals surface area contributed by atoms with Crippen LogP contribution < -0.4 is 4.72 Å². The summed E-state index contributed by atoms with van der Waals surface area (Å²) in [5, 5.41) is 12.5. The Kier molecular flexibility index (Phi) is 6.04. The van der Waals surface area contributed by atoms with E-state index >= 15 is 0 Å². The first kappa shape index (κ1) is 17.0. The van der Waals surface area contributed by atoms with Gasteiger partial charge in [-0.25, -0.2) is 17.5 Å². The molecule has 2 N–H and O–H groups in total. The molecule has 0 spiro atoms. The molecule has 1 aromatic heterocycles. The van der Waals surface area contributed by atoms with Crippen molar-refractivity contribution in [3.05, 3.63) is 52.5 Å². The summed E-state index contributed by atoms with van der Waals surface area (Å²) >= 11 is 1.46. The van der Waals surface area contributed by atoms with Crippen LogP contribution in [0.3, 0.4) is 0 Å². The van der Waals surface area contributed by atoms with Crippen molar-refractivity contribution in [1.29, 1.82) is 0 Å². The smallest absolute Gasteiger partial charge is 0.240 e. The van der Waals surface area contributed by atoms with E-state index in [9.17, 15) is 12.8 Å². The first-order valence-electron chi connectivity index (χ1n) is 6.53. The molecule has 120 valence electrons. The summed E-state index contributed by atoms with van der Waals surface area (Å²) in [7, 11) is -3.82. The zero-order valence-corrected chi connectivity index (χ0v) is 13.2. The lowest BCUT2D eigenvalue weighted by Crippen LogP contribution is -2.30. The maximum Gasteiger partial charge on any atom is 0.240 e. The largest absolute Gasteiger partial charge is 0.394 e. The Morgan fingerprint density at radius 3 is 2.82 bits per heavy atom. The van der Waals surface area contributed by atoms with E-state index in [0.29, 0.717) is 0 Å². The third kappa shape index (κ3) is 4.59. The molecule has 1 heterocycles. The van der Waals surface area contributed by atoms with Gasteiger partial charge in [-0.3, -0.25) is 0 Å². The third-order valence-corrected chi connectivity index (χ3v) is 5.01. The van der Waals surface area contributed by atoms with Crippen LogP contribution in [0.25, 0.3) is 0 Å². The molecule has 0 saturated heterocycles. The average Bonchev–Trinajstić information content (AvgIpc) is 3.01. The number of rotatable bonds is 8. The highest BCUT2D eigenvalue weighted by Gasteiger charge is 2.19. The maximum absolute atomic E-state index is 13.1. The molecule has 0 fully saturated rings. The van der Waals surface area contributed by atoms with Crippen LogP contribution in [-0.2, 0) is 14.8 Å². The molecular formula is C14H16FNO4S2. The summed E-state index contributed by atoms with van der Waals surface area (Å²) in [6.07, 6.45) is -0.512. The van der Waals surface area contributed by atoms with Gasteiger partial charge in [0.1, 0.15) is 5.82 Å². The van der Waals surface area contributed by atoms with Crippen LogP contribution in [0.4, 0.5) is 4.39 Å². The molecule has 0 radical (unpaired) electrons. The SMILES string of the molecule is O=S(=O)(NCC(OCCO)c1ccsc1)c1cccc(F)c1. The minimum absolute atomic E-state index is 0.00438. The molecule has 0 amide bonds. The van der Waals surface area contributed by atoms with Crippen LogP contribution in [0.1, 0.15) is 11.7 Å². The lowest BCUT2D eigenvalue weighted by Gasteiger charge is -2.17. The van der Waals surface area contributed by atoms with Crippen molar-refractivity contribution in [2.24, 2.45) is 0 Å². The lowest BCUT2D eigenvalue weighted by molar-refractivity contribution is 0.0311. The molecule has 22 heavy (non-hydrogen) atoms. The van der Waals surface area contributed by atoms with Crippen molar-refractivity contribution in [3.8, 4) is 0 Å². The number of sulfonamides is 1. The predicted molar refractivity (Wildman–Crippen MR) is 81.7 cm³/mol. The molecule has 2 aromatic rings. The Hall–Kier alpha value is -1.32. The van der Waals surface area contributed by atoms with Crippen LogP contribution in [0.15, 0.2) is 46.0 Å². The normalized spacial score (nSPS) is 13.2. The number of benzene rings is 1. The quantitative estimate of drug-likeness (QED) is 0.766. The van der Waals surface area contributed by atoms with Crippen molar-refractivity contribution in [1.82, 2.24) is 4.72 Å². The van der Waals surface area contributed by atoms with Gasteiger partial charge < -0.3 is 9.84 Å². The monoisotopic (exact) mass is 345 g/mol. The van der Waals surface area contributed by atoms with Crippen molar-refractivity contribution in [3.63, 3.8) is 0 Å². The average molecular weight is 345 g/mol. The molecular weight excluding hydrogens is 329 g/mol. The molecule has 1 unspecified atom stereocenters. The second-order valence-electron chi connectivity index (χ2n) is 4.45. The molecule has 8 heteroatoms. The lowest BCUT2D eigenvalue weighted by atomic mass is 10.2. The standard InChI is InChI=1S/C14H16FNO4S2/c15-12-2-1-3-13(8-12)22(18,19)16-9-14(20-6-5-17)11-4-7-21-10-11/h1-4,7-8,10,14,16-17H,5-6,9H2. The third-order valence-electron chi connectivity index (χ3n) is 2.89. The van der Waals surface area contributed by atoms with Gasteiger partial charge in [0.05, 0.1) is 24.2 Å². The van der Waals surface area contributed by atoms with Gasteiger partial charge >= 0.3 is 0 Å². The number of aliphatic hydroxyl groups is 1. The van der Waals surface area contributed by atoms with Crippen LogP contribution in [-0.4, -0.2) is 33.3 Å². The summed E-state index contributed by atoms with van der Waals surface area (Å²) < 4.78 is 45.3. The molecule has 0 aliphatic heterocycles. The van der Waals surface area contributed by atoms with Gasteiger partial charge in [-0.05, 0) is 40.6 Å². The van der Waals surface area contributed by atoms with Gasteiger partial charge in [-0.1, -0.05) is 6.07 Å². The van der Waals surface area contributed by atoms with Gasteiger partial charge in [-0.2, -0.15) is 11.3 Å². The minimum atomic E-state index is -3.82. The molecule has 1 aromatic carbocycles. The zero-order valence-electron chi connectivity index (χ0n) is 11.6. The second-order valence-corrected chi connectivity index (χ2v) is 7.00. The van der Waals surface area contributed by atoms with Crippen LogP contribution in [0.2, 0.25) is 0 Å². The fourth-order valence-electron chi connectivity index (χ4n) is 1.83. The Bertz CT molecular complexity index is 689. The van der Waals surface area contributed by atoms with Crippen LogP contribution >= 0.6 is 11.3 Å². The van der Waals surface area contributed by atoms with E-state index in [0.717, 1.165) is 11.6 Å². The van der Waals surface area contributed by atoms with E-state index in [-0.39, 0.29) is 24.7 Å². The Labute approximate surface area is 132 Å². The molecule has 1 atom stereocenters. The Morgan fingerprint density at radius 1 is 1.36 bits per heavy atom. The van der Waals surface area contributed by atoms with E-state index in [1.807, 2.05) is 16.8 Å². The summed E-state index contributed by atoms with van der Waals surface area (Å²) in [5.41, 5.74) is 0.820. The number of aliphatic hydroxyl groups excluding tert-OH is 1. The van der Waals surface area contributed by atoms with Gasteiger partial charge in [0.15, 0.2) is 0 Å². The van der Waals surface area contributed by atoms with E-state index in [4.69, 9.17) is 9.84 Å². The van der Waals surface area contributed by atoms with Gasteiger partial charge in [0.2, 0.25) is 10.0 Å². The molecule has 0 bridgehead atoms. The highest BCUT2D eigenvalue weighted by atomic mass is 32.2. The summed E-state index contributed by atoms with van der Waals surface area (Å²) in [5.74, 6) is -0.617. The Balaban J connectivity index is 2.08. The second kappa shape index (κ2) is 7.80. The summed E-state index contributed by atoms with van der Waals surface area (Å²) in [4.78, 5) is -0.140. The predicted octanol–water partition coefficient (Wildman–Crippen LogP) is 1.92. The van der Waals surface area contributed by atoms with E-state index in [2.05, 4.69) is 4.72 Å². The van der Waals surface area contributed by atoms with E-state index in [1.54, 1.807) is 0 Å². The Morgan fingerprint density at radius 2 is 2.18 bits per heavy atom. The molecule has 0 aliphatic rings. The highest BCUT2D eigenvalue weighted by molar-refractivity contribution is 7.89. The first-order chi connectivity index (χ1) is 10.5. The van der Waals surface area contributed by atoms with Gasteiger partial charge in [0.25, 0.3) is 0 Å². The van der Waals surface area contributed by atoms with Crippen molar-refractivity contribution in [2.45, 2.75) is 11.0 Å². The van der Waals surface area contributed by atoms with Crippen molar-refractivity contribution >= 4 is 21.4 Å². The molecule has 5 nitrogen and oxygen atoms in total. The van der Waals surface area contributed by atoms with Crippen LogP contribution in [0, 0.1) is 5.82 Å². The number of hydrogen-bond donors (Lipinski definition) is 2. The summed E-state index contributed by atoms with van der Waals surface area (Å²) in [6, 6.07) is 6.61. The van der Waals surface area contributed by atoms with Crippen LogP contribution in [0.5, 0.6) is 0 Å². The summed E-state index contributed by atoms with van der Waals surface area (Å²) in [6.45, 7) is -0.0604. The van der Waals surface area contributed by atoms with Gasteiger partial charge in [-0.15, -0.1) is 0 Å². The first-order valence-corrected chi connectivity index (χ1v) is 8.95. The number of nitrogens with one attached hydrogen (secondary N) is 1. The topological polar surface area (TPSA) is 75.6 Å². The number of hydrogen-bond acceptors (Lipinski definition) is 5. The van der Waals surface area contributed by atoms with Crippen molar-refractivity contribution < 1.29 is 22.7 Å². The number of halogens is 1. The number of ether oxygens (including phenoxy) is 1. The maximum atomic E-state index is 13.1. The molecule has 0 saturated carbocycles. The zero-order chi connectivity index (χ0) is 16.0.